The molecular weight excluding hydrogens is 367 g/mol. The topological polar surface area (TPSA) is 58.6 Å². The Morgan fingerprint density at radius 1 is 1.07 bits per heavy atom. The van der Waals surface area contributed by atoms with E-state index in [9.17, 15) is 12.8 Å². The zero-order valence-electron chi connectivity index (χ0n) is 15.4. The predicted octanol–water partition coefficient (Wildman–Crippen LogP) is 2.59. The number of aryl methyl sites for hydroxylation is 1. The average molecular weight is 392 g/mol. The van der Waals surface area contributed by atoms with Crippen molar-refractivity contribution in [3.05, 3.63) is 70.5 Å². The molecule has 0 unspecified atom stereocenters. The Kier molecular flexibility index (Phi) is 6.59. The highest BCUT2D eigenvalue weighted by Gasteiger charge is 2.25. The first-order chi connectivity index (χ1) is 13.0. The van der Waals surface area contributed by atoms with E-state index < -0.39 is 10.0 Å². The van der Waals surface area contributed by atoms with Crippen molar-refractivity contribution >= 4 is 10.0 Å². The SMILES string of the molecule is Cc1ccc(CNCc2ccccc2CS(=O)(=O)N2CCOCC2)cc1F. The van der Waals surface area contributed by atoms with E-state index in [-0.39, 0.29) is 11.6 Å². The van der Waals surface area contributed by atoms with Crippen LogP contribution < -0.4 is 5.32 Å². The van der Waals surface area contributed by atoms with Gasteiger partial charge in [-0.05, 0) is 35.2 Å². The first-order valence-corrected chi connectivity index (χ1v) is 10.6. The number of rotatable bonds is 7. The summed E-state index contributed by atoms with van der Waals surface area (Å²) >= 11 is 0. The molecule has 0 atom stereocenters. The summed E-state index contributed by atoms with van der Waals surface area (Å²) < 4.78 is 45.7. The van der Waals surface area contributed by atoms with E-state index >= 15 is 0 Å². The number of nitrogens with one attached hydrogen (secondary N) is 1. The van der Waals surface area contributed by atoms with Crippen LogP contribution in [0.25, 0.3) is 0 Å². The standard InChI is InChI=1S/C20H25FN2O3S/c1-16-6-7-17(12-20(16)21)13-22-14-18-4-2-3-5-19(18)15-27(24,25)23-8-10-26-11-9-23/h2-7,12,22H,8-11,13-15H2,1H3. The summed E-state index contributed by atoms with van der Waals surface area (Å²) in [6.45, 7) is 4.46. The van der Waals surface area contributed by atoms with E-state index in [2.05, 4.69) is 5.32 Å². The minimum absolute atomic E-state index is 0.0238. The molecule has 0 radical (unpaired) electrons. The summed E-state index contributed by atoms with van der Waals surface area (Å²) in [4.78, 5) is 0. The van der Waals surface area contributed by atoms with E-state index in [1.807, 2.05) is 30.3 Å². The molecule has 0 bridgehead atoms. The highest BCUT2D eigenvalue weighted by atomic mass is 32.2. The second-order valence-corrected chi connectivity index (χ2v) is 8.69. The largest absolute Gasteiger partial charge is 0.379 e. The minimum Gasteiger partial charge on any atom is -0.379 e. The summed E-state index contributed by atoms with van der Waals surface area (Å²) in [5.74, 6) is -0.240. The maximum Gasteiger partial charge on any atom is 0.218 e. The molecule has 3 rings (SSSR count). The van der Waals surface area contributed by atoms with Gasteiger partial charge in [-0.1, -0.05) is 36.4 Å². The lowest BCUT2D eigenvalue weighted by atomic mass is 10.1. The van der Waals surface area contributed by atoms with Crippen molar-refractivity contribution in [2.45, 2.75) is 25.8 Å². The second-order valence-electron chi connectivity index (χ2n) is 6.72. The van der Waals surface area contributed by atoms with E-state index in [1.165, 1.54) is 10.4 Å². The maximum atomic E-state index is 13.6. The molecule has 1 saturated heterocycles. The molecule has 0 amide bonds. The summed E-state index contributed by atoms with van der Waals surface area (Å²) in [5.41, 5.74) is 3.20. The fourth-order valence-electron chi connectivity index (χ4n) is 3.07. The second kappa shape index (κ2) is 8.93. The van der Waals surface area contributed by atoms with Gasteiger partial charge in [-0.15, -0.1) is 0 Å². The third kappa shape index (κ3) is 5.35. The Hall–Kier alpha value is -1.80. The Morgan fingerprint density at radius 2 is 1.78 bits per heavy atom. The number of nitrogens with zero attached hydrogens (tertiary/aromatic N) is 1. The molecule has 7 heteroatoms. The predicted molar refractivity (Wildman–Crippen MR) is 103 cm³/mol. The fraction of sp³-hybridized carbons (Fsp3) is 0.400. The Labute approximate surface area is 160 Å². The van der Waals surface area contributed by atoms with Gasteiger partial charge in [0, 0.05) is 26.2 Å². The summed E-state index contributed by atoms with van der Waals surface area (Å²) in [5, 5.41) is 3.28. The molecule has 5 nitrogen and oxygen atoms in total. The Balaban J connectivity index is 1.64. The molecule has 1 aliphatic heterocycles. The van der Waals surface area contributed by atoms with Gasteiger partial charge in [-0.3, -0.25) is 0 Å². The van der Waals surface area contributed by atoms with Gasteiger partial charge in [-0.25, -0.2) is 12.8 Å². The van der Waals surface area contributed by atoms with Crippen LogP contribution in [0.3, 0.4) is 0 Å². The number of morpholine rings is 1. The van der Waals surface area contributed by atoms with Crippen LogP contribution in [-0.2, 0) is 33.6 Å². The number of hydrogen-bond donors (Lipinski definition) is 1. The molecule has 27 heavy (non-hydrogen) atoms. The van der Waals surface area contributed by atoms with Crippen LogP contribution in [0.2, 0.25) is 0 Å². The highest BCUT2D eigenvalue weighted by Crippen LogP contribution is 2.17. The smallest absolute Gasteiger partial charge is 0.218 e. The monoisotopic (exact) mass is 392 g/mol. The minimum atomic E-state index is -3.37. The number of hydrogen-bond acceptors (Lipinski definition) is 4. The summed E-state index contributed by atoms with van der Waals surface area (Å²) in [7, 11) is -3.37. The van der Waals surface area contributed by atoms with Crippen molar-refractivity contribution in [3.8, 4) is 0 Å². The van der Waals surface area contributed by atoms with Crippen LogP contribution in [0.5, 0.6) is 0 Å². The molecular formula is C20H25FN2O3S. The Bertz CT molecular complexity index is 881. The van der Waals surface area contributed by atoms with Crippen molar-refractivity contribution in [2.24, 2.45) is 0 Å². The number of sulfonamides is 1. The molecule has 0 aliphatic carbocycles. The average Bonchev–Trinajstić information content (AvgIpc) is 2.66. The third-order valence-corrected chi connectivity index (χ3v) is 6.53. The van der Waals surface area contributed by atoms with E-state index in [0.717, 1.165) is 16.7 Å². The van der Waals surface area contributed by atoms with E-state index in [4.69, 9.17) is 4.74 Å². The van der Waals surface area contributed by atoms with Gasteiger partial charge in [-0.2, -0.15) is 4.31 Å². The van der Waals surface area contributed by atoms with Gasteiger partial charge in [0.15, 0.2) is 0 Å². The number of benzene rings is 2. The lowest BCUT2D eigenvalue weighted by Crippen LogP contribution is -2.41. The molecule has 1 heterocycles. The van der Waals surface area contributed by atoms with Crippen LogP contribution in [0.15, 0.2) is 42.5 Å². The van der Waals surface area contributed by atoms with Gasteiger partial charge in [0.1, 0.15) is 5.82 Å². The van der Waals surface area contributed by atoms with Gasteiger partial charge in [0.25, 0.3) is 0 Å². The molecule has 1 aliphatic rings. The molecule has 2 aromatic rings. The molecule has 0 aromatic heterocycles. The van der Waals surface area contributed by atoms with Gasteiger partial charge < -0.3 is 10.1 Å². The van der Waals surface area contributed by atoms with Gasteiger partial charge in [0.2, 0.25) is 10.0 Å². The molecule has 0 saturated carbocycles. The first kappa shape index (κ1) is 19.9. The molecule has 0 spiro atoms. The van der Waals surface area contributed by atoms with Gasteiger partial charge >= 0.3 is 0 Å². The highest BCUT2D eigenvalue weighted by molar-refractivity contribution is 7.88. The van der Waals surface area contributed by atoms with Crippen LogP contribution in [0, 0.1) is 12.7 Å². The first-order valence-electron chi connectivity index (χ1n) is 9.04. The zero-order chi connectivity index (χ0) is 19.3. The zero-order valence-corrected chi connectivity index (χ0v) is 16.3. The van der Waals surface area contributed by atoms with Gasteiger partial charge in [0.05, 0.1) is 19.0 Å². The van der Waals surface area contributed by atoms with E-state index in [1.54, 1.807) is 13.0 Å². The molecule has 1 N–H and O–H groups in total. The molecule has 1 fully saturated rings. The van der Waals surface area contributed by atoms with Crippen molar-refractivity contribution < 1.29 is 17.5 Å². The van der Waals surface area contributed by atoms with Crippen molar-refractivity contribution in [1.82, 2.24) is 9.62 Å². The van der Waals surface area contributed by atoms with Crippen molar-refractivity contribution in [2.75, 3.05) is 26.3 Å². The lowest BCUT2D eigenvalue weighted by molar-refractivity contribution is 0.0729. The van der Waals surface area contributed by atoms with Crippen LogP contribution in [0.4, 0.5) is 4.39 Å². The maximum absolute atomic E-state index is 13.6. The number of halogens is 1. The third-order valence-electron chi connectivity index (χ3n) is 4.70. The van der Waals surface area contributed by atoms with Crippen molar-refractivity contribution in [3.63, 3.8) is 0 Å². The molecule has 2 aromatic carbocycles. The normalized spacial score (nSPS) is 15.8. The summed E-state index contributed by atoms with van der Waals surface area (Å²) in [6.07, 6.45) is 0. The quantitative estimate of drug-likeness (QED) is 0.787. The molecule has 146 valence electrons. The fourth-order valence-corrected chi connectivity index (χ4v) is 4.63. The Morgan fingerprint density at radius 3 is 2.48 bits per heavy atom. The van der Waals surface area contributed by atoms with Crippen LogP contribution in [0.1, 0.15) is 22.3 Å². The van der Waals surface area contributed by atoms with Crippen molar-refractivity contribution in [1.29, 1.82) is 0 Å². The lowest BCUT2D eigenvalue weighted by Gasteiger charge is -2.26. The van der Waals surface area contributed by atoms with E-state index in [0.29, 0.717) is 45.0 Å². The summed E-state index contributed by atoms with van der Waals surface area (Å²) in [6, 6.07) is 12.7. The van der Waals surface area contributed by atoms with Crippen LogP contribution in [-0.4, -0.2) is 39.0 Å². The number of ether oxygens (including phenoxy) is 1. The van der Waals surface area contributed by atoms with Crippen LogP contribution >= 0.6 is 0 Å².